The lowest BCUT2D eigenvalue weighted by Gasteiger charge is -2.13. The number of hydrogen-bond donors (Lipinski definition) is 1. The Labute approximate surface area is 109 Å². The fourth-order valence-electron chi connectivity index (χ4n) is 1.64. The molecule has 0 saturated heterocycles. The van der Waals surface area contributed by atoms with Crippen LogP contribution in [-0.2, 0) is 6.42 Å². The molecule has 0 saturated carbocycles. The van der Waals surface area contributed by atoms with E-state index in [1.165, 1.54) is 11.1 Å². The topological polar surface area (TPSA) is 35.2 Å². The summed E-state index contributed by atoms with van der Waals surface area (Å²) in [6.07, 6.45) is 1.93. The summed E-state index contributed by atoms with van der Waals surface area (Å²) >= 11 is 5.00. The van der Waals surface area contributed by atoms with Crippen molar-refractivity contribution in [2.45, 2.75) is 33.6 Å². The molecular formula is C14H21NOS. The van der Waals surface area contributed by atoms with Crippen molar-refractivity contribution < 1.29 is 4.74 Å². The van der Waals surface area contributed by atoms with Gasteiger partial charge in [0.05, 0.1) is 11.6 Å². The maximum absolute atomic E-state index is 5.64. The van der Waals surface area contributed by atoms with E-state index in [1.54, 1.807) is 0 Å². The second-order valence-corrected chi connectivity index (χ2v) is 4.92. The van der Waals surface area contributed by atoms with E-state index in [9.17, 15) is 0 Å². The first kappa shape index (κ1) is 14.0. The SMILES string of the molecule is CCCOc1ccc(CC(C)C(N)=S)c(C)c1. The highest BCUT2D eigenvalue weighted by atomic mass is 32.1. The number of rotatable bonds is 6. The first-order valence-electron chi connectivity index (χ1n) is 6.06. The van der Waals surface area contributed by atoms with E-state index in [0.29, 0.717) is 4.99 Å². The van der Waals surface area contributed by atoms with Crippen molar-refractivity contribution in [2.75, 3.05) is 6.61 Å². The molecule has 0 amide bonds. The van der Waals surface area contributed by atoms with Crippen molar-refractivity contribution in [1.82, 2.24) is 0 Å². The minimum atomic E-state index is 0.242. The van der Waals surface area contributed by atoms with Crippen molar-refractivity contribution in [3.8, 4) is 5.75 Å². The van der Waals surface area contributed by atoms with E-state index >= 15 is 0 Å². The lowest BCUT2D eigenvalue weighted by atomic mass is 9.97. The van der Waals surface area contributed by atoms with Gasteiger partial charge < -0.3 is 10.5 Å². The van der Waals surface area contributed by atoms with Crippen LogP contribution in [0.15, 0.2) is 18.2 Å². The summed E-state index contributed by atoms with van der Waals surface area (Å²) in [5.41, 5.74) is 8.16. The molecule has 0 bridgehead atoms. The molecular weight excluding hydrogens is 230 g/mol. The molecule has 1 aromatic carbocycles. The normalized spacial score (nSPS) is 12.2. The molecule has 0 aromatic heterocycles. The molecule has 0 fully saturated rings. The Bertz CT molecular complexity index is 390. The van der Waals surface area contributed by atoms with E-state index in [0.717, 1.165) is 25.2 Å². The first-order valence-corrected chi connectivity index (χ1v) is 6.47. The van der Waals surface area contributed by atoms with Gasteiger partial charge in [-0.15, -0.1) is 0 Å². The smallest absolute Gasteiger partial charge is 0.119 e. The summed E-state index contributed by atoms with van der Waals surface area (Å²) in [6, 6.07) is 6.21. The summed E-state index contributed by atoms with van der Waals surface area (Å²) in [5.74, 6) is 1.18. The number of aryl methyl sites for hydroxylation is 1. The molecule has 0 spiro atoms. The maximum Gasteiger partial charge on any atom is 0.119 e. The largest absolute Gasteiger partial charge is 0.494 e. The standard InChI is InChI=1S/C14H21NOS/c1-4-7-16-13-6-5-12(10(2)9-13)8-11(3)14(15)17/h5-6,9,11H,4,7-8H2,1-3H3,(H2,15,17). The number of nitrogens with two attached hydrogens (primary N) is 1. The van der Waals surface area contributed by atoms with Crippen LogP contribution < -0.4 is 10.5 Å². The van der Waals surface area contributed by atoms with Gasteiger partial charge in [0.2, 0.25) is 0 Å². The number of benzene rings is 1. The van der Waals surface area contributed by atoms with Gasteiger partial charge in [-0.3, -0.25) is 0 Å². The quantitative estimate of drug-likeness (QED) is 0.788. The van der Waals surface area contributed by atoms with Gasteiger partial charge in [-0.2, -0.15) is 0 Å². The zero-order valence-electron chi connectivity index (χ0n) is 10.8. The molecule has 1 atom stereocenters. The number of ether oxygens (including phenoxy) is 1. The van der Waals surface area contributed by atoms with Crippen LogP contribution in [0.1, 0.15) is 31.4 Å². The van der Waals surface area contributed by atoms with Crippen molar-refractivity contribution in [2.24, 2.45) is 11.7 Å². The minimum absolute atomic E-state index is 0.242. The Morgan fingerprint density at radius 3 is 2.71 bits per heavy atom. The zero-order chi connectivity index (χ0) is 12.8. The Morgan fingerprint density at radius 1 is 1.47 bits per heavy atom. The highest BCUT2D eigenvalue weighted by Crippen LogP contribution is 2.20. The molecule has 17 heavy (non-hydrogen) atoms. The van der Waals surface area contributed by atoms with Gasteiger partial charge in [0.25, 0.3) is 0 Å². The fraction of sp³-hybridized carbons (Fsp3) is 0.500. The van der Waals surface area contributed by atoms with Crippen molar-refractivity contribution in [1.29, 1.82) is 0 Å². The Morgan fingerprint density at radius 2 is 2.18 bits per heavy atom. The predicted molar refractivity (Wildman–Crippen MR) is 76.6 cm³/mol. The first-order chi connectivity index (χ1) is 8.04. The van der Waals surface area contributed by atoms with Crippen LogP contribution in [0, 0.1) is 12.8 Å². The molecule has 0 aliphatic rings. The summed E-state index contributed by atoms with van der Waals surface area (Å²) in [4.78, 5) is 0.579. The van der Waals surface area contributed by atoms with Gasteiger partial charge in [0, 0.05) is 5.92 Å². The molecule has 2 N–H and O–H groups in total. The van der Waals surface area contributed by atoms with Crippen LogP contribution >= 0.6 is 12.2 Å². The van der Waals surface area contributed by atoms with Crippen molar-refractivity contribution in [3.05, 3.63) is 29.3 Å². The molecule has 94 valence electrons. The van der Waals surface area contributed by atoms with Crippen LogP contribution in [0.4, 0.5) is 0 Å². The third-order valence-electron chi connectivity index (χ3n) is 2.80. The molecule has 3 heteroatoms. The predicted octanol–water partition coefficient (Wildman–Crippen LogP) is 3.25. The Hall–Kier alpha value is -1.09. The molecule has 2 nitrogen and oxygen atoms in total. The van der Waals surface area contributed by atoms with Crippen molar-refractivity contribution >= 4 is 17.2 Å². The van der Waals surface area contributed by atoms with Gasteiger partial charge >= 0.3 is 0 Å². The molecule has 1 aromatic rings. The Kier molecular flexibility index (Phi) is 5.42. The lowest BCUT2D eigenvalue weighted by Crippen LogP contribution is -2.20. The highest BCUT2D eigenvalue weighted by Gasteiger charge is 2.08. The molecule has 0 radical (unpaired) electrons. The summed E-state index contributed by atoms with van der Waals surface area (Å²) in [6.45, 7) is 7.02. The summed E-state index contributed by atoms with van der Waals surface area (Å²) in [5, 5.41) is 0. The second-order valence-electron chi connectivity index (χ2n) is 4.44. The molecule has 1 rings (SSSR count). The molecule has 1 unspecified atom stereocenters. The third kappa shape index (κ3) is 4.35. The van der Waals surface area contributed by atoms with Crippen LogP contribution in [0.3, 0.4) is 0 Å². The average Bonchev–Trinajstić information content (AvgIpc) is 2.29. The van der Waals surface area contributed by atoms with E-state index in [1.807, 2.05) is 6.07 Å². The summed E-state index contributed by atoms with van der Waals surface area (Å²) in [7, 11) is 0. The second kappa shape index (κ2) is 6.60. The van der Waals surface area contributed by atoms with Gasteiger partial charge in [-0.25, -0.2) is 0 Å². The van der Waals surface area contributed by atoms with Crippen LogP contribution in [0.2, 0.25) is 0 Å². The van der Waals surface area contributed by atoms with Crippen LogP contribution in [-0.4, -0.2) is 11.6 Å². The minimum Gasteiger partial charge on any atom is -0.494 e. The van der Waals surface area contributed by atoms with E-state index in [2.05, 4.69) is 32.9 Å². The van der Waals surface area contributed by atoms with Gasteiger partial charge in [-0.1, -0.05) is 32.1 Å². The third-order valence-corrected chi connectivity index (χ3v) is 3.20. The fourth-order valence-corrected chi connectivity index (χ4v) is 1.72. The molecule has 0 aliphatic heterocycles. The van der Waals surface area contributed by atoms with Gasteiger partial charge in [-0.05, 0) is 43.0 Å². The zero-order valence-corrected chi connectivity index (χ0v) is 11.6. The highest BCUT2D eigenvalue weighted by molar-refractivity contribution is 7.80. The van der Waals surface area contributed by atoms with E-state index in [-0.39, 0.29) is 5.92 Å². The monoisotopic (exact) mass is 251 g/mol. The van der Waals surface area contributed by atoms with Crippen molar-refractivity contribution in [3.63, 3.8) is 0 Å². The molecule has 0 aliphatic carbocycles. The maximum atomic E-state index is 5.64. The van der Waals surface area contributed by atoms with Gasteiger partial charge in [0.1, 0.15) is 5.75 Å². The number of thiocarbonyl (C=S) groups is 1. The molecule has 0 heterocycles. The number of hydrogen-bond acceptors (Lipinski definition) is 2. The van der Waals surface area contributed by atoms with Crippen LogP contribution in [0.25, 0.3) is 0 Å². The summed E-state index contributed by atoms with van der Waals surface area (Å²) < 4.78 is 5.59. The average molecular weight is 251 g/mol. The Balaban J connectivity index is 2.72. The van der Waals surface area contributed by atoms with Gasteiger partial charge in [0.15, 0.2) is 0 Å². The van der Waals surface area contributed by atoms with E-state index in [4.69, 9.17) is 22.7 Å². The lowest BCUT2D eigenvalue weighted by molar-refractivity contribution is 0.317. The van der Waals surface area contributed by atoms with Crippen LogP contribution in [0.5, 0.6) is 5.75 Å². The van der Waals surface area contributed by atoms with E-state index < -0.39 is 0 Å².